The zero-order valence-electron chi connectivity index (χ0n) is 12.2. The zero-order chi connectivity index (χ0) is 15.4. The average Bonchev–Trinajstić information content (AvgIpc) is 2.53. The van der Waals surface area contributed by atoms with Crippen molar-refractivity contribution in [1.29, 1.82) is 0 Å². The van der Waals surface area contributed by atoms with Gasteiger partial charge in [-0.3, -0.25) is 0 Å². The molecule has 0 aliphatic carbocycles. The second-order valence-corrected chi connectivity index (χ2v) is 4.88. The lowest BCUT2D eigenvalue weighted by Crippen LogP contribution is -2.15. The van der Waals surface area contributed by atoms with Crippen molar-refractivity contribution in [2.24, 2.45) is 5.73 Å². The van der Waals surface area contributed by atoms with Crippen molar-refractivity contribution in [2.45, 2.75) is 6.04 Å². The van der Waals surface area contributed by atoms with Crippen LogP contribution in [0.2, 0.25) is 5.02 Å². The van der Waals surface area contributed by atoms with Gasteiger partial charge in [0.05, 0.1) is 32.9 Å². The molecule has 112 valence electrons. The quantitative estimate of drug-likeness (QED) is 0.919. The second-order valence-electron chi connectivity index (χ2n) is 4.44. The van der Waals surface area contributed by atoms with Crippen molar-refractivity contribution in [3.63, 3.8) is 0 Å². The molecule has 0 saturated heterocycles. The third kappa shape index (κ3) is 3.06. The molecule has 0 aliphatic heterocycles. The number of methoxy groups -OCH3 is 3. The number of nitrogens with two attached hydrogens (primary N) is 1. The summed E-state index contributed by atoms with van der Waals surface area (Å²) in [6, 6.07) is 10.4. The normalized spacial score (nSPS) is 11.9. The Balaban J connectivity index is 2.59. The summed E-state index contributed by atoms with van der Waals surface area (Å²) >= 11 is 6.08. The highest BCUT2D eigenvalue weighted by Gasteiger charge is 2.22. The Kier molecular flexibility index (Phi) is 4.94. The SMILES string of the molecule is COc1ccc(Cl)cc1C(N)c1c(OC)cccc1OC. The summed E-state index contributed by atoms with van der Waals surface area (Å²) in [5.74, 6) is 1.98. The van der Waals surface area contributed by atoms with E-state index >= 15 is 0 Å². The predicted molar refractivity (Wildman–Crippen MR) is 83.6 cm³/mol. The van der Waals surface area contributed by atoms with Crippen LogP contribution in [0.25, 0.3) is 0 Å². The van der Waals surface area contributed by atoms with Gasteiger partial charge < -0.3 is 19.9 Å². The molecular weight excluding hydrogens is 290 g/mol. The summed E-state index contributed by atoms with van der Waals surface area (Å²) in [5.41, 5.74) is 7.94. The Labute approximate surface area is 129 Å². The second kappa shape index (κ2) is 6.70. The fraction of sp³-hybridized carbons (Fsp3) is 0.250. The van der Waals surface area contributed by atoms with Gasteiger partial charge in [0.2, 0.25) is 0 Å². The minimum absolute atomic E-state index is 0.482. The van der Waals surface area contributed by atoms with Crippen molar-refractivity contribution in [2.75, 3.05) is 21.3 Å². The van der Waals surface area contributed by atoms with Gasteiger partial charge in [-0.15, -0.1) is 0 Å². The Bertz CT molecular complexity index is 609. The molecule has 0 fully saturated rings. The van der Waals surface area contributed by atoms with Crippen molar-refractivity contribution in [3.05, 3.63) is 52.5 Å². The molecule has 5 heteroatoms. The molecule has 0 aliphatic rings. The van der Waals surface area contributed by atoms with Crippen molar-refractivity contribution in [1.82, 2.24) is 0 Å². The van der Waals surface area contributed by atoms with Gasteiger partial charge in [0, 0.05) is 10.6 Å². The first-order chi connectivity index (χ1) is 10.1. The number of ether oxygens (including phenoxy) is 3. The molecular formula is C16H18ClNO3. The molecule has 2 rings (SSSR count). The highest BCUT2D eigenvalue weighted by molar-refractivity contribution is 6.30. The van der Waals surface area contributed by atoms with E-state index in [1.165, 1.54) is 0 Å². The van der Waals surface area contributed by atoms with E-state index in [9.17, 15) is 0 Å². The van der Waals surface area contributed by atoms with Gasteiger partial charge in [0.1, 0.15) is 17.2 Å². The van der Waals surface area contributed by atoms with Gasteiger partial charge in [0.25, 0.3) is 0 Å². The Hall–Kier alpha value is -1.91. The minimum atomic E-state index is -0.482. The monoisotopic (exact) mass is 307 g/mol. The maximum Gasteiger partial charge on any atom is 0.127 e. The van der Waals surface area contributed by atoms with Crippen LogP contribution < -0.4 is 19.9 Å². The summed E-state index contributed by atoms with van der Waals surface area (Å²) in [6.45, 7) is 0. The van der Waals surface area contributed by atoms with Crippen LogP contribution in [0, 0.1) is 0 Å². The first kappa shape index (κ1) is 15.5. The summed E-state index contributed by atoms with van der Waals surface area (Å²) in [5, 5.41) is 0.593. The molecule has 2 N–H and O–H groups in total. The van der Waals surface area contributed by atoms with Crippen LogP contribution in [0.1, 0.15) is 17.2 Å². The maximum atomic E-state index is 6.42. The van der Waals surface area contributed by atoms with E-state index in [0.717, 1.165) is 11.1 Å². The Morgan fingerprint density at radius 2 is 1.48 bits per heavy atom. The van der Waals surface area contributed by atoms with E-state index in [1.807, 2.05) is 18.2 Å². The molecule has 0 saturated carbocycles. The van der Waals surface area contributed by atoms with E-state index in [2.05, 4.69) is 0 Å². The van der Waals surface area contributed by atoms with Crippen LogP contribution in [0.3, 0.4) is 0 Å². The molecule has 1 unspecified atom stereocenters. The van der Waals surface area contributed by atoms with Crippen LogP contribution in [0.15, 0.2) is 36.4 Å². The van der Waals surface area contributed by atoms with E-state index in [-0.39, 0.29) is 0 Å². The van der Waals surface area contributed by atoms with Crippen LogP contribution in [-0.2, 0) is 0 Å². The third-order valence-corrected chi connectivity index (χ3v) is 3.54. The van der Waals surface area contributed by atoms with Crippen LogP contribution in [-0.4, -0.2) is 21.3 Å². The number of rotatable bonds is 5. The van der Waals surface area contributed by atoms with Gasteiger partial charge in [-0.1, -0.05) is 17.7 Å². The van der Waals surface area contributed by atoms with Crippen molar-refractivity contribution in [3.8, 4) is 17.2 Å². The summed E-state index contributed by atoms with van der Waals surface area (Å²) < 4.78 is 16.2. The minimum Gasteiger partial charge on any atom is -0.496 e. The van der Waals surface area contributed by atoms with E-state index in [0.29, 0.717) is 22.3 Å². The van der Waals surface area contributed by atoms with Gasteiger partial charge in [-0.2, -0.15) is 0 Å². The van der Waals surface area contributed by atoms with Gasteiger partial charge >= 0.3 is 0 Å². The van der Waals surface area contributed by atoms with Gasteiger partial charge in [0.15, 0.2) is 0 Å². The topological polar surface area (TPSA) is 53.7 Å². The number of hydrogen-bond donors (Lipinski definition) is 1. The van der Waals surface area contributed by atoms with Crippen molar-refractivity contribution < 1.29 is 14.2 Å². The van der Waals surface area contributed by atoms with Crippen molar-refractivity contribution >= 4 is 11.6 Å². The molecule has 0 amide bonds. The Morgan fingerprint density at radius 3 is 2.00 bits per heavy atom. The standard InChI is InChI=1S/C16H18ClNO3/c1-19-12-8-7-10(17)9-11(12)16(18)15-13(20-2)5-4-6-14(15)21-3/h4-9,16H,18H2,1-3H3. The first-order valence-corrected chi connectivity index (χ1v) is 6.80. The molecule has 0 aromatic heterocycles. The van der Waals surface area contributed by atoms with Crippen LogP contribution in [0.5, 0.6) is 17.2 Å². The molecule has 4 nitrogen and oxygen atoms in total. The van der Waals surface area contributed by atoms with Gasteiger partial charge in [-0.05, 0) is 30.3 Å². The fourth-order valence-electron chi connectivity index (χ4n) is 2.29. The molecule has 0 heterocycles. The molecule has 0 radical (unpaired) electrons. The molecule has 1 atom stereocenters. The number of benzene rings is 2. The zero-order valence-corrected chi connectivity index (χ0v) is 13.0. The summed E-state index contributed by atoms with van der Waals surface area (Å²) in [4.78, 5) is 0. The van der Waals surface area contributed by atoms with E-state index in [1.54, 1.807) is 39.5 Å². The number of hydrogen-bond acceptors (Lipinski definition) is 4. The molecule has 0 bridgehead atoms. The lowest BCUT2D eigenvalue weighted by atomic mass is 9.97. The third-order valence-electron chi connectivity index (χ3n) is 3.30. The van der Waals surface area contributed by atoms with Gasteiger partial charge in [-0.25, -0.2) is 0 Å². The molecule has 2 aromatic rings. The highest BCUT2D eigenvalue weighted by atomic mass is 35.5. The van der Waals surface area contributed by atoms with Crippen LogP contribution in [0.4, 0.5) is 0 Å². The molecule has 0 spiro atoms. The van der Waals surface area contributed by atoms with E-state index < -0.39 is 6.04 Å². The summed E-state index contributed by atoms with van der Waals surface area (Å²) in [7, 11) is 4.79. The first-order valence-electron chi connectivity index (χ1n) is 6.42. The fourth-order valence-corrected chi connectivity index (χ4v) is 2.47. The summed E-state index contributed by atoms with van der Waals surface area (Å²) in [6.07, 6.45) is 0. The smallest absolute Gasteiger partial charge is 0.127 e. The predicted octanol–water partition coefficient (Wildman–Crippen LogP) is 3.41. The molecule has 21 heavy (non-hydrogen) atoms. The van der Waals surface area contributed by atoms with Crippen LogP contribution >= 0.6 is 11.6 Å². The largest absolute Gasteiger partial charge is 0.496 e. The average molecular weight is 308 g/mol. The molecule has 2 aromatic carbocycles. The highest BCUT2D eigenvalue weighted by Crippen LogP contribution is 2.39. The lowest BCUT2D eigenvalue weighted by molar-refractivity contribution is 0.379. The van der Waals surface area contributed by atoms with E-state index in [4.69, 9.17) is 31.5 Å². The Morgan fingerprint density at radius 1 is 0.905 bits per heavy atom. The maximum absolute atomic E-state index is 6.42. The number of halogens is 1. The lowest BCUT2D eigenvalue weighted by Gasteiger charge is -2.21.